The summed E-state index contributed by atoms with van der Waals surface area (Å²) in [6.45, 7) is 5.17. The van der Waals surface area contributed by atoms with Gasteiger partial charge in [-0.15, -0.1) is 6.58 Å². The summed E-state index contributed by atoms with van der Waals surface area (Å²) >= 11 is 3.29. The zero-order valence-corrected chi connectivity index (χ0v) is 11.3. The number of amides is 1. The number of aromatic nitrogens is 1. The molecule has 0 N–H and O–H groups in total. The second kappa shape index (κ2) is 7.19. The number of ether oxygens (including phenoxy) is 1. The van der Waals surface area contributed by atoms with Crippen molar-refractivity contribution >= 4 is 21.8 Å². The fourth-order valence-corrected chi connectivity index (χ4v) is 1.71. The van der Waals surface area contributed by atoms with Gasteiger partial charge in [-0.2, -0.15) is 0 Å². The van der Waals surface area contributed by atoms with E-state index < -0.39 is 0 Å². The first kappa shape index (κ1) is 13.9. The van der Waals surface area contributed by atoms with Crippen LogP contribution >= 0.6 is 15.9 Å². The van der Waals surface area contributed by atoms with Gasteiger partial charge in [-0.1, -0.05) is 6.08 Å². The average Bonchev–Trinajstić information content (AvgIpc) is 2.33. The zero-order chi connectivity index (χ0) is 12.7. The highest BCUT2D eigenvalue weighted by Crippen LogP contribution is 2.11. The molecule has 1 aromatic heterocycles. The molecule has 0 aliphatic heterocycles. The highest BCUT2D eigenvalue weighted by Gasteiger charge is 2.14. The van der Waals surface area contributed by atoms with Gasteiger partial charge in [-0.3, -0.25) is 9.78 Å². The maximum Gasteiger partial charge on any atom is 0.255 e. The van der Waals surface area contributed by atoms with E-state index in [0.717, 1.165) is 4.47 Å². The van der Waals surface area contributed by atoms with E-state index in [1.54, 1.807) is 36.5 Å². The number of carbonyl (C=O) groups excluding carboxylic acids is 1. The molecule has 0 spiro atoms. The minimum Gasteiger partial charge on any atom is -0.383 e. The Hall–Kier alpha value is -1.20. The van der Waals surface area contributed by atoms with Crippen LogP contribution in [-0.2, 0) is 4.74 Å². The van der Waals surface area contributed by atoms with Gasteiger partial charge in [-0.05, 0) is 22.0 Å². The third-order valence-corrected chi connectivity index (χ3v) is 2.59. The quantitative estimate of drug-likeness (QED) is 0.756. The van der Waals surface area contributed by atoms with E-state index in [1.165, 1.54) is 0 Å². The Morgan fingerprint density at radius 1 is 1.65 bits per heavy atom. The summed E-state index contributed by atoms with van der Waals surface area (Å²) in [5.74, 6) is -0.0734. The van der Waals surface area contributed by atoms with Gasteiger partial charge in [0.1, 0.15) is 0 Å². The lowest BCUT2D eigenvalue weighted by Crippen LogP contribution is -2.34. The molecule has 0 bridgehead atoms. The third-order valence-electron chi connectivity index (χ3n) is 2.15. The molecular formula is C12H15BrN2O2. The molecule has 5 heteroatoms. The summed E-state index contributed by atoms with van der Waals surface area (Å²) in [5, 5.41) is 0. The van der Waals surface area contributed by atoms with E-state index in [4.69, 9.17) is 4.74 Å². The molecule has 0 aromatic carbocycles. The fraction of sp³-hybridized carbons (Fsp3) is 0.333. The van der Waals surface area contributed by atoms with Gasteiger partial charge < -0.3 is 9.64 Å². The molecule has 4 nitrogen and oxygen atoms in total. The van der Waals surface area contributed by atoms with E-state index in [9.17, 15) is 4.79 Å². The molecule has 0 unspecified atom stereocenters. The van der Waals surface area contributed by atoms with Crippen LogP contribution < -0.4 is 0 Å². The first-order valence-electron chi connectivity index (χ1n) is 5.18. The van der Waals surface area contributed by atoms with E-state index in [1.807, 2.05) is 0 Å². The van der Waals surface area contributed by atoms with Crippen LogP contribution in [0.25, 0.3) is 0 Å². The Labute approximate surface area is 109 Å². The number of hydrogen-bond acceptors (Lipinski definition) is 3. The van der Waals surface area contributed by atoms with Crippen molar-refractivity contribution in [2.75, 3.05) is 26.8 Å². The normalized spacial score (nSPS) is 10.0. The van der Waals surface area contributed by atoms with Crippen molar-refractivity contribution in [1.29, 1.82) is 0 Å². The summed E-state index contributed by atoms with van der Waals surface area (Å²) < 4.78 is 5.76. The average molecular weight is 299 g/mol. The van der Waals surface area contributed by atoms with E-state index in [-0.39, 0.29) is 5.91 Å². The third kappa shape index (κ3) is 4.28. The van der Waals surface area contributed by atoms with Gasteiger partial charge in [0.15, 0.2) is 0 Å². The molecular weight excluding hydrogens is 284 g/mol. The standard InChI is InChI=1S/C12H15BrN2O2/c1-3-4-15(5-6-17-2)12(16)10-7-11(13)9-14-8-10/h3,7-9H,1,4-6H2,2H3. The van der Waals surface area contributed by atoms with Crippen molar-refractivity contribution in [2.45, 2.75) is 0 Å². The molecule has 0 aliphatic rings. The minimum atomic E-state index is -0.0734. The predicted octanol–water partition coefficient (Wildman–Crippen LogP) is 2.12. The van der Waals surface area contributed by atoms with Crippen LogP contribution in [0.15, 0.2) is 35.6 Å². The first-order chi connectivity index (χ1) is 8.19. The van der Waals surface area contributed by atoms with Gasteiger partial charge in [0, 0.05) is 37.1 Å². The van der Waals surface area contributed by atoms with Crippen LogP contribution in [0.3, 0.4) is 0 Å². The van der Waals surface area contributed by atoms with Gasteiger partial charge in [0.25, 0.3) is 5.91 Å². The molecule has 92 valence electrons. The molecule has 1 aromatic rings. The van der Waals surface area contributed by atoms with Gasteiger partial charge in [0.05, 0.1) is 12.2 Å². The lowest BCUT2D eigenvalue weighted by molar-refractivity contribution is 0.0717. The number of methoxy groups -OCH3 is 1. The number of halogens is 1. The second-order valence-electron chi connectivity index (χ2n) is 3.42. The van der Waals surface area contributed by atoms with Crippen molar-refractivity contribution in [1.82, 2.24) is 9.88 Å². The Balaban J connectivity index is 2.79. The van der Waals surface area contributed by atoms with Crippen molar-refractivity contribution in [3.05, 3.63) is 41.2 Å². The monoisotopic (exact) mass is 298 g/mol. The Kier molecular flexibility index (Phi) is 5.86. The molecule has 1 amide bonds. The molecule has 1 heterocycles. The molecule has 0 aliphatic carbocycles. The van der Waals surface area contributed by atoms with Crippen LogP contribution in [0.1, 0.15) is 10.4 Å². The van der Waals surface area contributed by atoms with Crippen LogP contribution in [-0.4, -0.2) is 42.6 Å². The van der Waals surface area contributed by atoms with E-state index in [2.05, 4.69) is 27.5 Å². The summed E-state index contributed by atoms with van der Waals surface area (Å²) in [4.78, 5) is 17.8. The van der Waals surface area contributed by atoms with Gasteiger partial charge >= 0.3 is 0 Å². The Morgan fingerprint density at radius 3 is 3.00 bits per heavy atom. The fourth-order valence-electron chi connectivity index (χ4n) is 1.34. The number of pyridine rings is 1. The number of nitrogens with zero attached hydrogens (tertiary/aromatic N) is 2. The van der Waals surface area contributed by atoms with Crippen LogP contribution in [0, 0.1) is 0 Å². The van der Waals surface area contributed by atoms with Crippen LogP contribution in [0.5, 0.6) is 0 Å². The molecule has 0 radical (unpaired) electrons. The summed E-state index contributed by atoms with van der Waals surface area (Å²) in [6, 6.07) is 1.75. The van der Waals surface area contributed by atoms with Crippen LogP contribution in [0.4, 0.5) is 0 Å². The molecule has 0 fully saturated rings. The summed E-state index contributed by atoms with van der Waals surface area (Å²) in [7, 11) is 1.61. The molecule has 0 saturated heterocycles. The van der Waals surface area contributed by atoms with Crippen molar-refractivity contribution in [3.8, 4) is 0 Å². The zero-order valence-electron chi connectivity index (χ0n) is 9.73. The maximum absolute atomic E-state index is 12.2. The largest absolute Gasteiger partial charge is 0.383 e. The maximum atomic E-state index is 12.2. The number of hydrogen-bond donors (Lipinski definition) is 0. The van der Waals surface area contributed by atoms with Crippen molar-refractivity contribution in [3.63, 3.8) is 0 Å². The summed E-state index contributed by atoms with van der Waals surface area (Å²) in [5.41, 5.74) is 0.553. The van der Waals surface area contributed by atoms with Crippen LogP contribution in [0.2, 0.25) is 0 Å². The van der Waals surface area contributed by atoms with Gasteiger partial charge in [0.2, 0.25) is 0 Å². The number of rotatable bonds is 6. The number of carbonyl (C=O) groups is 1. The smallest absolute Gasteiger partial charge is 0.255 e. The molecule has 17 heavy (non-hydrogen) atoms. The second-order valence-corrected chi connectivity index (χ2v) is 4.34. The molecule has 0 saturated carbocycles. The predicted molar refractivity (Wildman–Crippen MR) is 69.9 cm³/mol. The first-order valence-corrected chi connectivity index (χ1v) is 5.98. The molecule has 1 rings (SSSR count). The van der Waals surface area contributed by atoms with E-state index in [0.29, 0.717) is 25.3 Å². The highest BCUT2D eigenvalue weighted by molar-refractivity contribution is 9.10. The topological polar surface area (TPSA) is 42.4 Å². The summed E-state index contributed by atoms with van der Waals surface area (Å²) in [6.07, 6.45) is 4.89. The van der Waals surface area contributed by atoms with Crippen molar-refractivity contribution in [2.24, 2.45) is 0 Å². The lowest BCUT2D eigenvalue weighted by Gasteiger charge is -2.20. The van der Waals surface area contributed by atoms with Gasteiger partial charge in [-0.25, -0.2) is 0 Å². The SMILES string of the molecule is C=CCN(CCOC)C(=O)c1cncc(Br)c1. The minimum absolute atomic E-state index is 0.0734. The Bertz CT molecular complexity index is 396. The Morgan fingerprint density at radius 2 is 2.41 bits per heavy atom. The van der Waals surface area contributed by atoms with Crippen molar-refractivity contribution < 1.29 is 9.53 Å². The van der Waals surface area contributed by atoms with E-state index >= 15 is 0 Å². The molecule has 0 atom stereocenters. The highest BCUT2D eigenvalue weighted by atomic mass is 79.9. The lowest BCUT2D eigenvalue weighted by atomic mass is 10.2.